The average molecular weight is 321 g/mol. The van der Waals surface area contributed by atoms with Crippen molar-refractivity contribution in [3.05, 3.63) is 34.2 Å². The van der Waals surface area contributed by atoms with Crippen LogP contribution in [-0.4, -0.2) is 29.8 Å². The van der Waals surface area contributed by atoms with E-state index in [1.807, 2.05) is 38.7 Å². The van der Waals surface area contributed by atoms with Crippen LogP contribution in [0.25, 0.3) is 11.5 Å². The fourth-order valence-electron chi connectivity index (χ4n) is 2.37. The molecule has 8 heteroatoms. The third kappa shape index (κ3) is 2.64. The molecule has 0 saturated carbocycles. The molecule has 0 spiro atoms. The molecule has 0 amide bonds. The molecule has 3 aromatic heterocycles. The Morgan fingerprint density at radius 3 is 2.50 bits per heavy atom. The third-order valence-corrected chi connectivity index (χ3v) is 4.09. The smallest absolute Gasteiger partial charge is 0.251 e. The minimum Gasteiger partial charge on any atom is -0.421 e. The molecule has 0 aliphatic rings. The second-order valence-electron chi connectivity index (χ2n) is 5.26. The van der Waals surface area contributed by atoms with E-state index in [0.717, 1.165) is 22.6 Å². The lowest BCUT2D eigenvalue weighted by Gasteiger charge is -2.01. The van der Waals surface area contributed by atoms with Crippen LogP contribution in [0, 0.1) is 20.8 Å². The molecule has 22 heavy (non-hydrogen) atoms. The molecule has 0 unspecified atom stereocenters. The van der Waals surface area contributed by atoms with Gasteiger partial charge in [0.05, 0.1) is 27.7 Å². The van der Waals surface area contributed by atoms with Crippen molar-refractivity contribution < 1.29 is 4.42 Å². The number of halogens is 1. The molecule has 0 fully saturated rings. The van der Waals surface area contributed by atoms with Crippen LogP contribution in [0.2, 0.25) is 5.02 Å². The highest BCUT2D eigenvalue weighted by molar-refractivity contribution is 6.31. The summed E-state index contributed by atoms with van der Waals surface area (Å²) < 4.78 is 9.30. The van der Waals surface area contributed by atoms with E-state index < -0.39 is 0 Å². The van der Waals surface area contributed by atoms with Crippen LogP contribution in [-0.2, 0) is 20.0 Å². The fourth-order valence-corrected chi connectivity index (χ4v) is 2.50. The van der Waals surface area contributed by atoms with Crippen molar-refractivity contribution in [3.63, 3.8) is 0 Å². The summed E-state index contributed by atoms with van der Waals surface area (Å²) in [5.74, 6) is 1.06. The van der Waals surface area contributed by atoms with Crippen LogP contribution in [0.3, 0.4) is 0 Å². The van der Waals surface area contributed by atoms with Gasteiger partial charge >= 0.3 is 0 Å². The molecular weight excluding hydrogens is 304 g/mol. The van der Waals surface area contributed by atoms with Crippen molar-refractivity contribution in [1.29, 1.82) is 0 Å². The van der Waals surface area contributed by atoms with Gasteiger partial charge in [0.2, 0.25) is 5.89 Å². The lowest BCUT2D eigenvalue weighted by atomic mass is 10.3. The van der Waals surface area contributed by atoms with Crippen LogP contribution in [0.1, 0.15) is 23.0 Å². The van der Waals surface area contributed by atoms with E-state index in [0.29, 0.717) is 29.8 Å². The van der Waals surface area contributed by atoms with E-state index in [9.17, 15) is 0 Å². The van der Waals surface area contributed by atoms with Crippen molar-refractivity contribution in [3.8, 4) is 11.5 Å². The minimum absolute atomic E-state index is 0.493. The predicted molar refractivity (Wildman–Crippen MR) is 81.7 cm³/mol. The second-order valence-corrected chi connectivity index (χ2v) is 5.64. The first-order valence-electron chi connectivity index (χ1n) is 6.98. The average Bonchev–Trinajstić information content (AvgIpc) is 3.12. The summed E-state index contributed by atoms with van der Waals surface area (Å²) in [6.45, 7) is 6.40. The zero-order chi connectivity index (χ0) is 15.9. The van der Waals surface area contributed by atoms with E-state index >= 15 is 0 Å². The highest BCUT2D eigenvalue weighted by atomic mass is 35.5. The Hall–Kier alpha value is -2.15. The van der Waals surface area contributed by atoms with Crippen LogP contribution < -0.4 is 0 Å². The molecule has 3 rings (SSSR count). The van der Waals surface area contributed by atoms with Gasteiger partial charge in [-0.25, -0.2) is 0 Å². The lowest BCUT2D eigenvalue weighted by Crippen LogP contribution is -2.05. The Morgan fingerprint density at radius 1 is 1.14 bits per heavy atom. The maximum absolute atomic E-state index is 6.14. The van der Waals surface area contributed by atoms with Crippen LogP contribution in [0.4, 0.5) is 0 Å². The van der Waals surface area contributed by atoms with Gasteiger partial charge in [-0.1, -0.05) is 11.6 Å². The Labute approximate surface area is 132 Å². The molecule has 7 nitrogen and oxygen atoms in total. The van der Waals surface area contributed by atoms with Gasteiger partial charge in [0, 0.05) is 26.2 Å². The monoisotopic (exact) mass is 320 g/mol. The molecule has 0 saturated heterocycles. The van der Waals surface area contributed by atoms with Gasteiger partial charge in [0.25, 0.3) is 5.89 Å². The highest BCUT2D eigenvalue weighted by Crippen LogP contribution is 2.22. The third-order valence-electron chi connectivity index (χ3n) is 3.54. The first-order chi connectivity index (χ1) is 10.5. The molecule has 0 bridgehead atoms. The Balaban J connectivity index is 1.75. The van der Waals surface area contributed by atoms with Gasteiger partial charge in [-0.2, -0.15) is 10.2 Å². The van der Waals surface area contributed by atoms with Crippen LogP contribution in [0.5, 0.6) is 0 Å². The lowest BCUT2D eigenvalue weighted by molar-refractivity contribution is 0.471. The first kappa shape index (κ1) is 14.8. The molecule has 0 radical (unpaired) electrons. The van der Waals surface area contributed by atoms with Gasteiger partial charge in [-0.15, -0.1) is 10.2 Å². The number of aromatic nitrogens is 6. The van der Waals surface area contributed by atoms with E-state index in [2.05, 4.69) is 20.4 Å². The molecular formula is C14H17ClN6O. The summed E-state index contributed by atoms with van der Waals surface area (Å²) in [6, 6.07) is 0. The summed E-state index contributed by atoms with van der Waals surface area (Å²) in [5.41, 5.74) is 3.50. The van der Waals surface area contributed by atoms with Gasteiger partial charge in [-0.05, 0) is 20.8 Å². The summed E-state index contributed by atoms with van der Waals surface area (Å²) in [6.07, 6.45) is 2.47. The maximum Gasteiger partial charge on any atom is 0.251 e. The number of hydrogen-bond donors (Lipinski definition) is 0. The molecule has 3 aromatic rings. The van der Waals surface area contributed by atoms with Gasteiger partial charge < -0.3 is 4.42 Å². The predicted octanol–water partition coefficient (Wildman–Crippen LogP) is 2.49. The standard InChI is InChI=1S/C14H17ClN6O/c1-8-11(7-20(4)18-8)14-17-16-12(22-14)5-6-21-10(3)13(15)9(2)19-21/h7H,5-6H2,1-4H3. The molecule has 3 heterocycles. The highest BCUT2D eigenvalue weighted by Gasteiger charge is 2.15. The van der Waals surface area contributed by atoms with Gasteiger partial charge in [-0.3, -0.25) is 9.36 Å². The zero-order valence-electron chi connectivity index (χ0n) is 13.0. The van der Waals surface area contributed by atoms with Crippen LogP contribution in [0.15, 0.2) is 10.6 Å². The summed E-state index contributed by atoms with van der Waals surface area (Å²) in [7, 11) is 1.86. The second kappa shape index (κ2) is 5.57. The SMILES string of the molecule is Cc1nn(C)cc1-c1nnc(CCn2nc(C)c(Cl)c2C)o1. The summed E-state index contributed by atoms with van der Waals surface area (Å²) in [4.78, 5) is 0. The number of hydrogen-bond acceptors (Lipinski definition) is 5. The van der Waals surface area contributed by atoms with Crippen molar-refractivity contribution >= 4 is 11.6 Å². The Morgan fingerprint density at radius 2 is 1.91 bits per heavy atom. The van der Waals surface area contributed by atoms with Crippen molar-refractivity contribution in [1.82, 2.24) is 29.8 Å². The van der Waals surface area contributed by atoms with E-state index in [1.165, 1.54) is 0 Å². The fraction of sp³-hybridized carbons (Fsp3) is 0.429. The molecule has 0 aliphatic carbocycles. The topological polar surface area (TPSA) is 74.6 Å². The quantitative estimate of drug-likeness (QED) is 0.738. The molecule has 0 atom stereocenters. The minimum atomic E-state index is 0.493. The largest absolute Gasteiger partial charge is 0.421 e. The van der Waals surface area contributed by atoms with Gasteiger partial charge in [0.1, 0.15) is 0 Å². The molecule has 0 aliphatic heterocycles. The van der Waals surface area contributed by atoms with Gasteiger partial charge in [0.15, 0.2) is 0 Å². The van der Waals surface area contributed by atoms with E-state index in [-0.39, 0.29) is 0 Å². The Bertz CT molecular complexity index is 816. The van der Waals surface area contributed by atoms with Crippen molar-refractivity contribution in [2.45, 2.75) is 33.7 Å². The number of nitrogens with zero attached hydrogens (tertiary/aromatic N) is 6. The number of rotatable bonds is 4. The maximum atomic E-state index is 6.14. The normalized spacial score (nSPS) is 11.3. The summed E-state index contributed by atoms with van der Waals surface area (Å²) >= 11 is 6.14. The molecule has 116 valence electrons. The zero-order valence-corrected chi connectivity index (χ0v) is 13.7. The van der Waals surface area contributed by atoms with Crippen molar-refractivity contribution in [2.75, 3.05) is 0 Å². The number of aryl methyl sites for hydroxylation is 5. The molecule has 0 aromatic carbocycles. The first-order valence-corrected chi connectivity index (χ1v) is 7.36. The van der Waals surface area contributed by atoms with Crippen molar-refractivity contribution in [2.24, 2.45) is 7.05 Å². The Kier molecular flexibility index (Phi) is 3.74. The van der Waals surface area contributed by atoms with E-state index in [1.54, 1.807) is 4.68 Å². The van der Waals surface area contributed by atoms with Crippen LogP contribution >= 0.6 is 11.6 Å². The summed E-state index contributed by atoms with van der Waals surface area (Å²) in [5, 5.41) is 17.6. The van der Waals surface area contributed by atoms with E-state index in [4.69, 9.17) is 16.0 Å². The molecule has 0 N–H and O–H groups in total.